The van der Waals surface area contributed by atoms with Crippen LogP contribution in [0.2, 0.25) is 0 Å². The smallest absolute Gasteiger partial charge is 0.191 e. The lowest BCUT2D eigenvalue weighted by Crippen LogP contribution is -2.42. The zero-order valence-corrected chi connectivity index (χ0v) is 19.1. The maximum absolute atomic E-state index is 14.2. The predicted molar refractivity (Wildman–Crippen MR) is 126 cm³/mol. The van der Waals surface area contributed by atoms with Crippen LogP contribution in [-0.4, -0.2) is 35.5 Å². The molecule has 1 saturated carbocycles. The van der Waals surface area contributed by atoms with E-state index >= 15 is 0 Å². The van der Waals surface area contributed by atoms with E-state index in [1.165, 1.54) is 5.56 Å². The second-order valence-electron chi connectivity index (χ2n) is 7.52. The van der Waals surface area contributed by atoms with Gasteiger partial charge >= 0.3 is 0 Å². The summed E-state index contributed by atoms with van der Waals surface area (Å²) in [5, 5.41) is 6.71. The van der Waals surface area contributed by atoms with E-state index < -0.39 is 0 Å². The van der Waals surface area contributed by atoms with Crippen LogP contribution in [0.5, 0.6) is 0 Å². The molecule has 2 heterocycles. The summed E-state index contributed by atoms with van der Waals surface area (Å²) in [5.74, 6) is 0.620. The van der Waals surface area contributed by atoms with Crippen LogP contribution in [0.15, 0.2) is 53.8 Å². The average molecular weight is 507 g/mol. The Balaban J connectivity index is 0.00000240. The van der Waals surface area contributed by atoms with Crippen molar-refractivity contribution in [1.82, 2.24) is 20.0 Å². The van der Waals surface area contributed by atoms with E-state index in [-0.39, 0.29) is 35.2 Å². The van der Waals surface area contributed by atoms with Gasteiger partial charge in [0.2, 0.25) is 0 Å². The molecular weight excluding hydrogens is 480 g/mol. The van der Waals surface area contributed by atoms with E-state index in [2.05, 4.69) is 39.2 Å². The van der Waals surface area contributed by atoms with Gasteiger partial charge in [-0.1, -0.05) is 24.3 Å². The quantitative estimate of drug-likeness (QED) is 0.303. The Labute approximate surface area is 187 Å². The molecule has 0 amide bonds. The van der Waals surface area contributed by atoms with Crippen molar-refractivity contribution < 1.29 is 4.39 Å². The van der Waals surface area contributed by atoms with Gasteiger partial charge in [-0.15, -0.1) is 24.0 Å². The molecule has 4 rings (SSSR count). The molecule has 0 saturated heterocycles. The number of benzene rings is 1. The van der Waals surface area contributed by atoms with Gasteiger partial charge in [0.05, 0.1) is 5.69 Å². The van der Waals surface area contributed by atoms with E-state index in [1.807, 2.05) is 24.4 Å². The number of pyridine rings is 1. The lowest BCUT2D eigenvalue weighted by atomic mass is 9.95. The van der Waals surface area contributed by atoms with Gasteiger partial charge < -0.3 is 15.0 Å². The third kappa shape index (κ3) is 4.71. The molecule has 0 atom stereocenters. The second kappa shape index (κ2) is 9.11. The fourth-order valence-electron chi connectivity index (χ4n) is 3.69. The summed E-state index contributed by atoms with van der Waals surface area (Å²) >= 11 is 0. The van der Waals surface area contributed by atoms with Crippen molar-refractivity contribution in [2.75, 3.05) is 20.1 Å². The van der Waals surface area contributed by atoms with E-state index in [9.17, 15) is 4.39 Å². The molecule has 29 heavy (non-hydrogen) atoms. The summed E-state index contributed by atoms with van der Waals surface area (Å²) in [4.78, 5) is 9.00. The van der Waals surface area contributed by atoms with Crippen molar-refractivity contribution in [3.8, 4) is 0 Å². The molecule has 3 aromatic rings. The Kier molecular flexibility index (Phi) is 6.77. The first kappa shape index (κ1) is 21.5. The molecule has 7 heteroatoms. The van der Waals surface area contributed by atoms with E-state index in [0.29, 0.717) is 6.54 Å². The summed E-state index contributed by atoms with van der Waals surface area (Å²) in [5.41, 5.74) is 3.91. The van der Waals surface area contributed by atoms with Gasteiger partial charge in [-0.2, -0.15) is 0 Å². The van der Waals surface area contributed by atoms with E-state index in [0.717, 1.165) is 48.7 Å². The minimum absolute atomic E-state index is 0. The SMILES string of the molecule is CN=C(NCCc1cn2cccc(C)c2n1)NCC1(c2ccccc2F)CC1.I. The number of aromatic nitrogens is 2. The van der Waals surface area contributed by atoms with Crippen LogP contribution >= 0.6 is 24.0 Å². The van der Waals surface area contributed by atoms with Gasteiger partial charge in [-0.05, 0) is 43.0 Å². The Morgan fingerprint density at radius 3 is 2.69 bits per heavy atom. The Morgan fingerprint density at radius 1 is 1.21 bits per heavy atom. The van der Waals surface area contributed by atoms with Crippen LogP contribution in [0, 0.1) is 12.7 Å². The number of nitrogens with zero attached hydrogens (tertiary/aromatic N) is 3. The first-order valence-electron chi connectivity index (χ1n) is 9.74. The number of imidazole rings is 1. The van der Waals surface area contributed by atoms with Crippen LogP contribution in [-0.2, 0) is 11.8 Å². The van der Waals surface area contributed by atoms with Gasteiger partial charge in [-0.25, -0.2) is 9.37 Å². The summed E-state index contributed by atoms with van der Waals surface area (Å²) in [6.07, 6.45) is 6.89. The molecule has 0 aliphatic heterocycles. The largest absolute Gasteiger partial charge is 0.356 e. The molecule has 1 fully saturated rings. The lowest BCUT2D eigenvalue weighted by molar-refractivity contribution is 0.559. The summed E-state index contributed by atoms with van der Waals surface area (Å²) in [6.45, 7) is 3.48. The van der Waals surface area contributed by atoms with Crippen molar-refractivity contribution in [3.63, 3.8) is 0 Å². The fourth-order valence-corrected chi connectivity index (χ4v) is 3.69. The van der Waals surface area contributed by atoms with Crippen molar-refractivity contribution in [2.24, 2.45) is 4.99 Å². The number of guanidine groups is 1. The number of nitrogens with one attached hydrogen (secondary N) is 2. The average Bonchev–Trinajstić information content (AvgIpc) is 3.36. The third-order valence-electron chi connectivity index (χ3n) is 5.52. The molecule has 0 bridgehead atoms. The van der Waals surface area contributed by atoms with Gasteiger partial charge in [0.1, 0.15) is 11.5 Å². The lowest BCUT2D eigenvalue weighted by Gasteiger charge is -2.19. The fraction of sp³-hybridized carbons (Fsp3) is 0.364. The van der Waals surface area contributed by atoms with Crippen molar-refractivity contribution in [1.29, 1.82) is 0 Å². The van der Waals surface area contributed by atoms with Gasteiger partial charge in [0.15, 0.2) is 5.96 Å². The minimum Gasteiger partial charge on any atom is -0.356 e. The molecular formula is C22H27FIN5. The molecule has 5 nitrogen and oxygen atoms in total. The standard InChI is InChI=1S/C22H26FN5.HI/c1-16-6-5-13-28-14-17(27-20(16)28)9-12-25-21(24-2)26-15-22(10-11-22)18-7-3-4-8-19(18)23;/h3-8,13-14H,9-12,15H2,1-2H3,(H2,24,25,26);1H. The highest BCUT2D eigenvalue weighted by Gasteiger charge is 2.45. The first-order chi connectivity index (χ1) is 13.6. The van der Waals surface area contributed by atoms with Crippen LogP contribution in [0.4, 0.5) is 4.39 Å². The van der Waals surface area contributed by atoms with Crippen LogP contribution in [0.1, 0.15) is 29.7 Å². The van der Waals surface area contributed by atoms with E-state index in [4.69, 9.17) is 4.98 Å². The molecule has 1 aromatic carbocycles. The first-order valence-corrected chi connectivity index (χ1v) is 9.74. The Bertz CT molecular complexity index is 1010. The predicted octanol–water partition coefficient (Wildman–Crippen LogP) is 3.84. The molecule has 0 radical (unpaired) electrons. The van der Waals surface area contributed by atoms with Crippen LogP contribution < -0.4 is 10.6 Å². The minimum atomic E-state index is -0.119. The highest BCUT2D eigenvalue weighted by Crippen LogP contribution is 2.48. The van der Waals surface area contributed by atoms with E-state index in [1.54, 1.807) is 19.2 Å². The molecule has 2 N–H and O–H groups in total. The molecule has 2 aromatic heterocycles. The molecule has 1 aliphatic carbocycles. The zero-order chi connectivity index (χ0) is 19.6. The van der Waals surface area contributed by atoms with Crippen LogP contribution in [0.3, 0.4) is 0 Å². The van der Waals surface area contributed by atoms with Gasteiger partial charge in [-0.3, -0.25) is 4.99 Å². The summed E-state index contributed by atoms with van der Waals surface area (Å²) in [6, 6.07) is 11.2. The number of hydrogen-bond donors (Lipinski definition) is 2. The topological polar surface area (TPSA) is 53.7 Å². The third-order valence-corrected chi connectivity index (χ3v) is 5.52. The van der Waals surface area contributed by atoms with Crippen LogP contribution in [0.25, 0.3) is 5.65 Å². The summed E-state index contributed by atoms with van der Waals surface area (Å²) < 4.78 is 16.2. The zero-order valence-electron chi connectivity index (χ0n) is 16.8. The number of fused-ring (bicyclic) bond motifs is 1. The van der Waals surface area contributed by atoms with Crippen molar-refractivity contribution in [3.05, 3.63) is 71.4 Å². The molecule has 0 spiro atoms. The highest BCUT2D eigenvalue weighted by atomic mass is 127. The maximum Gasteiger partial charge on any atom is 0.191 e. The molecule has 0 unspecified atom stereocenters. The summed E-state index contributed by atoms with van der Waals surface area (Å²) in [7, 11) is 1.76. The Hall–Kier alpha value is -2.16. The highest BCUT2D eigenvalue weighted by molar-refractivity contribution is 14.0. The Morgan fingerprint density at radius 2 is 2.00 bits per heavy atom. The normalized spacial score (nSPS) is 15.1. The van der Waals surface area contributed by atoms with Gasteiger partial charge in [0.25, 0.3) is 0 Å². The number of hydrogen-bond acceptors (Lipinski definition) is 2. The monoisotopic (exact) mass is 507 g/mol. The number of aliphatic imine (C=N–C) groups is 1. The molecule has 154 valence electrons. The van der Waals surface area contributed by atoms with Crippen molar-refractivity contribution in [2.45, 2.75) is 31.6 Å². The number of rotatable bonds is 6. The number of aryl methyl sites for hydroxylation is 1. The maximum atomic E-state index is 14.2. The molecule has 1 aliphatic rings. The van der Waals surface area contributed by atoms with Crippen molar-refractivity contribution >= 4 is 35.6 Å². The number of halogens is 2. The second-order valence-corrected chi connectivity index (χ2v) is 7.52. The van der Waals surface area contributed by atoms with Gasteiger partial charge in [0, 0.05) is 44.4 Å².